The van der Waals surface area contributed by atoms with Crippen LogP contribution in [0.5, 0.6) is 0 Å². The van der Waals surface area contributed by atoms with Gasteiger partial charge in [-0.2, -0.15) is 23.4 Å². The van der Waals surface area contributed by atoms with Gasteiger partial charge >= 0.3 is 0 Å². The topological polar surface area (TPSA) is 84.1 Å². The summed E-state index contributed by atoms with van der Waals surface area (Å²) >= 11 is 0. The van der Waals surface area contributed by atoms with Crippen LogP contribution in [0.1, 0.15) is 17.0 Å². The van der Waals surface area contributed by atoms with Crippen molar-refractivity contribution in [1.82, 2.24) is 10.0 Å². The highest BCUT2D eigenvalue weighted by Crippen LogP contribution is 2.17. The van der Waals surface area contributed by atoms with E-state index in [4.69, 9.17) is 5.26 Å². The molecule has 1 N–H and O–H groups in total. The zero-order chi connectivity index (χ0) is 15.5. The third kappa shape index (κ3) is 3.92. The summed E-state index contributed by atoms with van der Waals surface area (Å²) in [6, 6.07) is 13.2. The van der Waals surface area contributed by atoms with Crippen LogP contribution in [-0.2, 0) is 20.9 Å². The number of hydrogen-bond acceptors (Lipinski definition) is 5. The lowest BCUT2D eigenvalue weighted by Crippen LogP contribution is -2.18. The normalized spacial score (nSPS) is 11.3. The van der Waals surface area contributed by atoms with Gasteiger partial charge in [0.1, 0.15) is 11.8 Å². The van der Waals surface area contributed by atoms with Crippen LogP contribution in [0.15, 0.2) is 36.4 Å². The minimum Gasteiger partial charge on any atom is -0.306 e. The maximum atomic E-state index is 10.8. The van der Waals surface area contributed by atoms with E-state index in [1.807, 2.05) is 41.8 Å². The van der Waals surface area contributed by atoms with Crippen molar-refractivity contribution in [1.29, 1.82) is 5.26 Å². The van der Waals surface area contributed by atoms with Gasteiger partial charge < -0.3 is 4.57 Å². The molecule has 21 heavy (non-hydrogen) atoms. The highest BCUT2D eigenvalue weighted by molar-refractivity contribution is 7.85. The van der Waals surface area contributed by atoms with Gasteiger partial charge in [0.05, 0.1) is 6.26 Å². The van der Waals surface area contributed by atoms with E-state index in [0.717, 1.165) is 23.2 Å². The summed E-state index contributed by atoms with van der Waals surface area (Å²) in [6.45, 7) is 2.19. The van der Waals surface area contributed by atoms with Gasteiger partial charge in [-0.3, -0.25) is 0 Å². The average Bonchev–Trinajstić information content (AvgIpc) is 2.79. The van der Waals surface area contributed by atoms with Gasteiger partial charge in [-0.1, -0.05) is 12.1 Å². The molecule has 0 atom stereocenters. The Morgan fingerprint density at radius 1 is 1.24 bits per heavy atom. The number of benzene rings is 1. The Balaban J connectivity index is 2.12. The largest absolute Gasteiger partial charge is 0.306 e. The van der Waals surface area contributed by atoms with Crippen LogP contribution in [-0.4, -0.2) is 19.2 Å². The first kappa shape index (κ1) is 15.3. The quantitative estimate of drug-likeness (QED) is 0.849. The lowest BCUT2D eigenvalue weighted by Gasteiger charge is -2.09. The van der Waals surface area contributed by atoms with Crippen molar-refractivity contribution in [3.63, 3.8) is 0 Å². The molecule has 1 heterocycles. The molecule has 110 valence electrons. The molecule has 2 aromatic rings. The Hall–Kier alpha value is -2.14. The standard InChI is InChI=1S/C14H15N3O3S/c1-11-3-6-14(9-15)17(11)13-7-4-12(5-8-13)10-16-20-21(2,18)19/h3-8,16H,10H2,1-2H3. The molecule has 1 aromatic carbocycles. The highest BCUT2D eigenvalue weighted by Gasteiger charge is 2.07. The van der Waals surface area contributed by atoms with Crippen LogP contribution in [0, 0.1) is 18.3 Å². The molecule has 0 radical (unpaired) electrons. The molecule has 6 nitrogen and oxygen atoms in total. The van der Waals surface area contributed by atoms with E-state index in [1.54, 1.807) is 6.07 Å². The Kier molecular flexibility index (Phi) is 4.43. The Labute approximate surface area is 123 Å². The van der Waals surface area contributed by atoms with Crippen molar-refractivity contribution in [2.45, 2.75) is 13.5 Å². The summed E-state index contributed by atoms with van der Waals surface area (Å²) in [5, 5.41) is 9.09. The van der Waals surface area contributed by atoms with Gasteiger partial charge in [0.15, 0.2) is 0 Å². The van der Waals surface area contributed by atoms with E-state index in [0.29, 0.717) is 5.69 Å². The van der Waals surface area contributed by atoms with Crippen LogP contribution in [0.2, 0.25) is 0 Å². The second-order valence-electron chi connectivity index (χ2n) is 4.58. The van der Waals surface area contributed by atoms with Gasteiger partial charge in [0.2, 0.25) is 0 Å². The van der Waals surface area contributed by atoms with Crippen LogP contribution in [0.4, 0.5) is 0 Å². The number of aryl methyl sites for hydroxylation is 1. The van der Waals surface area contributed by atoms with Crippen molar-refractivity contribution < 1.29 is 12.7 Å². The number of rotatable bonds is 5. The van der Waals surface area contributed by atoms with Crippen molar-refractivity contribution in [3.8, 4) is 11.8 Å². The fourth-order valence-corrected chi connectivity index (χ4v) is 2.22. The van der Waals surface area contributed by atoms with E-state index in [2.05, 4.69) is 15.8 Å². The predicted octanol–water partition coefficient (Wildman–Crippen LogP) is 1.64. The fourth-order valence-electron chi connectivity index (χ4n) is 1.95. The first-order valence-electron chi connectivity index (χ1n) is 6.20. The second kappa shape index (κ2) is 6.10. The minimum absolute atomic E-state index is 0.267. The second-order valence-corrected chi connectivity index (χ2v) is 6.16. The van der Waals surface area contributed by atoms with Gasteiger partial charge in [0.25, 0.3) is 10.1 Å². The summed E-state index contributed by atoms with van der Waals surface area (Å²) < 4.78 is 28.0. The molecule has 0 aliphatic carbocycles. The maximum absolute atomic E-state index is 10.8. The summed E-state index contributed by atoms with van der Waals surface area (Å²) in [4.78, 5) is 0. The van der Waals surface area contributed by atoms with Gasteiger partial charge in [0, 0.05) is 17.9 Å². The Morgan fingerprint density at radius 2 is 1.90 bits per heavy atom. The lowest BCUT2D eigenvalue weighted by molar-refractivity contribution is 0.201. The molecule has 0 amide bonds. The Bertz CT molecular complexity index is 771. The minimum atomic E-state index is -3.50. The molecule has 0 saturated heterocycles. The van der Waals surface area contributed by atoms with Gasteiger partial charge in [-0.05, 0) is 36.8 Å². The predicted molar refractivity (Wildman–Crippen MR) is 78.0 cm³/mol. The summed E-state index contributed by atoms with van der Waals surface area (Å²) in [5.41, 5.74) is 5.66. The summed E-state index contributed by atoms with van der Waals surface area (Å²) in [5.74, 6) is 0. The summed E-state index contributed by atoms with van der Waals surface area (Å²) in [6.07, 6.45) is 0.974. The van der Waals surface area contributed by atoms with Gasteiger partial charge in [-0.25, -0.2) is 0 Å². The van der Waals surface area contributed by atoms with Crippen LogP contribution in [0.25, 0.3) is 5.69 Å². The molecule has 0 saturated carbocycles. The molecule has 0 bridgehead atoms. The molecule has 0 fully saturated rings. The van der Waals surface area contributed by atoms with Crippen molar-refractivity contribution in [2.75, 3.05) is 6.26 Å². The molecular formula is C14H15N3O3S. The van der Waals surface area contributed by atoms with Gasteiger partial charge in [-0.15, -0.1) is 0 Å². The van der Waals surface area contributed by atoms with Crippen LogP contribution in [0.3, 0.4) is 0 Å². The maximum Gasteiger partial charge on any atom is 0.280 e. The molecule has 1 aromatic heterocycles. The number of aromatic nitrogens is 1. The van der Waals surface area contributed by atoms with E-state index in [1.165, 1.54) is 0 Å². The molecule has 7 heteroatoms. The number of hydroxylamine groups is 1. The molecular weight excluding hydrogens is 290 g/mol. The van der Waals surface area contributed by atoms with Crippen molar-refractivity contribution in [3.05, 3.63) is 53.3 Å². The zero-order valence-electron chi connectivity index (χ0n) is 11.7. The highest BCUT2D eigenvalue weighted by atomic mass is 32.2. The van der Waals surface area contributed by atoms with E-state index < -0.39 is 10.1 Å². The van der Waals surface area contributed by atoms with Crippen LogP contribution >= 0.6 is 0 Å². The molecule has 2 rings (SSSR count). The van der Waals surface area contributed by atoms with Crippen LogP contribution < -0.4 is 5.48 Å². The third-order valence-corrected chi connectivity index (χ3v) is 3.29. The number of hydrogen-bond donors (Lipinski definition) is 1. The number of nitrogens with one attached hydrogen (secondary N) is 1. The van der Waals surface area contributed by atoms with Crippen molar-refractivity contribution >= 4 is 10.1 Å². The first-order valence-corrected chi connectivity index (χ1v) is 8.01. The molecule has 0 spiro atoms. The molecule has 0 aliphatic rings. The molecule has 0 aliphatic heterocycles. The monoisotopic (exact) mass is 305 g/mol. The average molecular weight is 305 g/mol. The van der Waals surface area contributed by atoms with E-state index in [-0.39, 0.29) is 6.54 Å². The smallest absolute Gasteiger partial charge is 0.280 e. The molecule has 0 unspecified atom stereocenters. The SMILES string of the molecule is Cc1ccc(C#N)n1-c1ccc(CNOS(C)(=O)=O)cc1. The van der Waals surface area contributed by atoms with E-state index in [9.17, 15) is 8.42 Å². The first-order chi connectivity index (χ1) is 9.90. The third-order valence-electron chi connectivity index (χ3n) is 2.87. The summed E-state index contributed by atoms with van der Waals surface area (Å²) in [7, 11) is -3.50. The zero-order valence-corrected chi connectivity index (χ0v) is 12.5. The van der Waals surface area contributed by atoms with Crippen molar-refractivity contribution in [2.24, 2.45) is 0 Å². The lowest BCUT2D eigenvalue weighted by atomic mass is 10.2. The fraction of sp³-hybridized carbons (Fsp3) is 0.214. The van der Waals surface area contributed by atoms with E-state index >= 15 is 0 Å². The number of nitrogens with zero attached hydrogens (tertiary/aromatic N) is 2. The Morgan fingerprint density at radius 3 is 2.48 bits per heavy atom. The number of nitriles is 1.